The van der Waals surface area contributed by atoms with Gasteiger partial charge < -0.3 is 28.6 Å². The highest BCUT2D eigenvalue weighted by atomic mass is 16.6. The van der Waals surface area contributed by atoms with Gasteiger partial charge in [-0.15, -0.1) is 0 Å². The summed E-state index contributed by atoms with van der Waals surface area (Å²) < 4.78 is 17.2. The fraction of sp³-hybridized carbons (Fsp3) is 0.532. The van der Waals surface area contributed by atoms with Crippen LogP contribution in [0, 0.1) is 0 Å². The number of carbonyl (C=O) groups is 3. The minimum atomic E-state index is -1.15. The minimum absolute atomic E-state index is 0.00358. The molecule has 0 bridgehead atoms. The normalized spacial score (nSPS) is 14.1. The molecule has 0 saturated heterocycles. The maximum absolute atomic E-state index is 12.8. The van der Waals surface area contributed by atoms with Crippen molar-refractivity contribution in [2.75, 3.05) is 41.0 Å². The second kappa shape index (κ2) is 50.3. The molecule has 8 heteroatoms. The molecule has 70 heavy (non-hydrogen) atoms. The van der Waals surface area contributed by atoms with Gasteiger partial charge >= 0.3 is 11.9 Å². The molecule has 0 amide bonds. The van der Waals surface area contributed by atoms with Crippen molar-refractivity contribution in [1.29, 1.82) is 0 Å². The van der Waals surface area contributed by atoms with Crippen LogP contribution in [0.4, 0.5) is 0 Å². The van der Waals surface area contributed by atoms with Crippen molar-refractivity contribution in [1.82, 2.24) is 0 Å². The van der Waals surface area contributed by atoms with Crippen LogP contribution in [-0.4, -0.2) is 75.5 Å². The first-order chi connectivity index (χ1) is 34.1. The molecule has 0 aliphatic rings. The number of quaternary nitrogens is 1. The van der Waals surface area contributed by atoms with Gasteiger partial charge in [0.15, 0.2) is 6.10 Å². The van der Waals surface area contributed by atoms with E-state index in [9.17, 15) is 19.5 Å². The smallest absolute Gasteiger partial charge is 0.306 e. The van der Waals surface area contributed by atoms with Gasteiger partial charge in [0.1, 0.15) is 12.6 Å². The number of ether oxygens (including phenoxy) is 3. The zero-order chi connectivity index (χ0) is 51.3. The molecule has 0 aromatic heterocycles. The number of aliphatic carboxylic acids is 1. The molecule has 0 N–H and O–H groups in total. The number of carboxylic acids is 1. The highest BCUT2D eigenvalue weighted by Crippen LogP contribution is 2.11. The summed E-state index contributed by atoms with van der Waals surface area (Å²) in [6.45, 7) is 4.32. The number of likely N-dealkylation sites (N-methyl/N-ethyl adjacent to an activating group) is 1. The minimum Gasteiger partial charge on any atom is -0.544 e. The molecule has 0 aromatic carbocycles. The Balaban J connectivity index is 4.44. The molecule has 0 spiro atoms. The van der Waals surface area contributed by atoms with Crippen LogP contribution in [0.3, 0.4) is 0 Å². The molecule has 0 aliphatic heterocycles. The number of allylic oxidation sites excluding steroid dienone is 26. The molecule has 0 fully saturated rings. The van der Waals surface area contributed by atoms with Crippen molar-refractivity contribution < 1.29 is 38.2 Å². The summed E-state index contributed by atoms with van der Waals surface area (Å²) in [5, 5.41) is 11.7. The molecule has 390 valence electrons. The number of carbonyl (C=O) groups excluding carboxylic acids is 3. The van der Waals surface area contributed by atoms with Crippen LogP contribution in [0.1, 0.15) is 162 Å². The second-order valence-electron chi connectivity index (χ2n) is 18.0. The summed E-state index contributed by atoms with van der Waals surface area (Å²) in [4.78, 5) is 37.1. The number of unbranched alkanes of at least 4 members (excludes halogenated alkanes) is 5. The number of nitrogens with zero attached hydrogens (tertiary/aromatic N) is 1. The maximum Gasteiger partial charge on any atom is 0.306 e. The molecule has 8 nitrogen and oxygen atoms in total. The Kier molecular flexibility index (Phi) is 46.7. The SMILES string of the molecule is CC/C=C/C/C=C/C/C=C/C/C=C/C/C=C/C/C=C/C/C=C/CCCC(=O)OC(COCCC(C(=O)[O-])[N+](C)(C)C)COC(=O)CCCCCC/C=C/C/C=C/C/C=C/C/C=C/C/C=C/C/C=C/CC. The fourth-order valence-corrected chi connectivity index (χ4v) is 6.65. The van der Waals surface area contributed by atoms with Crippen LogP contribution in [0.25, 0.3) is 0 Å². The molecular formula is C62H95NO7. The van der Waals surface area contributed by atoms with Gasteiger partial charge in [-0.25, -0.2) is 0 Å². The van der Waals surface area contributed by atoms with Gasteiger partial charge in [0.25, 0.3) is 0 Å². The van der Waals surface area contributed by atoms with Gasteiger partial charge in [0.05, 0.1) is 40.3 Å². The van der Waals surface area contributed by atoms with Gasteiger partial charge in [0.2, 0.25) is 0 Å². The van der Waals surface area contributed by atoms with Crippen molar-refractivity contribution in [3.05, 3.63) is 158 Å². The monoisotopic (exact) mass is 966 g/mol. The first-order valence-electron chi connectivity index (χ1n) is 26.5. The molecule has 2 unspecified atom stereocenters. The predicted molar refractivity (Wildman–Crippen MR) is 295 cm³/mol. The zero-order valence-electron chi connectivity index (χ0n) is 44.4. The second-order valence-corrected chi connectivity index (χ2v) is 18.0. The van der Waals surface area contributed by atoms with Crippen molar-refractivity contribution in [2.45, 2.75) is 174 Å². The van der Waals surface area contributed by atoms with E-state index in [4.69, 9.17) is 14.2 Å². The summed E-state index contributed by atoms with van der Waals surface area (Å²) in [6.07, 6.45) is 75.7. The Morgan fingerprint density at radius 1 is 0.429 bits per heavy atom. The van der Waals surface area contributed by atoms with E-state index in [0.717, 1.165) is 122 Å². The van der Waals surface area contributed by atoms with Crippen molar-refractivity contribution in [2.24, 2.45) is 0 Å². The van der Waals surface area contributed by atoms with Gasteiger partial charge in [-0.1, -0.05) is 185 Å². The topological polar surface area (TPSA) is 102 Å². The van der Waals surface area contributed by atoms with Crippen LogP contribution >= 0.6 is 0 Å². The Bertz CT molecular complexity index is 1690. The van der Waals surface area contributed by atoms with E-state index >= 15 is 0 Å². The molecule has 2 atom stereocenters. The highest BCUT2D eigenvalue weighted by molar-refractivity contribution is 5.70. The molecule has 0 heterocycles. The van der Waals surface area contributed by atoms with E-state index in [0.29, 0.717) is 12.8 Å². The third-order valence-corrected chi connectivity index (χ3v) is 10.7. The van der Waals surface area contributed by atoms with Gasteiger partial charge in [0, 0.05) is 19.3 Å². The Morgan fingerprint density at radius 3 is 1.14 bits per heavy atom. The number of hydrogen-bond acceptors (Lipinski definition) is 7. The van der Waals surface area contributed by atoms with Crippen molar-refractivity contribution in [3.63, 3.8) is 0 Å². The highest BCUT2D eigenvalue weighted by Gasteiger charge is 2.25. The molecule has 0 radical (unpaired) electrons. The standard InChI is InChI=1S/C62H95NO7/c1-6-8-10-12-14-16-18-20-22-24-26-28-30-32-34-36-38-40-42-44-46-48-50-52-60(64)69-57-58(56-68-55-54-59(62(66)67)63(3,4)5)70-61(65)53-51-49-47-45-43-41-39-37-35-33-31-29-27-25-23-21-19-17-15-13-11-9-7-2/h8-11,14-17,20-23,26-29,32-35,38-41,45,47,58-59H,6-7,12-13,18-19,24-25,30-31,36-37,42-44,46,48-57H2,1-5H3/b10-8+,11-9+,16-14+,17-15+,22-20+,23-21+,28-26+,29-27+,34-32+,35-33+,40-38+,41-39+,47-45+. The van der Waals surface area contributed by atoms with E-state index in [1.165, 1.54) is 0 Å². The van der Waals surface area contributed by atoms with E-state index in [2.05, 4.69) is 172 Å². The third-order valence-electron chi connectivity index (χ3n) is 10.7. The lowest BCUT2D eigenvalue weighted by molar-refractivity contribution is -0.889. The first-order valence-corrected chi connectivity index (χ1v) is 26.5. The van der Waals surface area contributed by atoms with Crippen LogP contribution in [0.2, 0.25) is 0 Å². The van der Waals surface area contributed by atoms with Gasteiger partial charge in [-0.2, -0.15) is 0 Å². The van der Waals surface area contributed by atoms with E-state index in [-0.39, 0.29) is 49.1 Å². The lowest BCUT2D eigenvalue weighted by atomic mass is 10.1. The average molecular weight is 966 g/mol. The van der Waals surface area contributed by atoms with Gasteiger partial charge in [-0.05, 0) is 116 Å². The molecule has 0 aromatic rings. The maximum atomic E-state index is 12.8. The zero-order valence-corrected chi connectivity index (χ0v) is 44.4. The number of hydrogen-bond donors (Lipinski definition) is 0. The number of rotatable bonds is 45. The number of esters is 2. The van der Waals surface area contributed by atoms with Crippen molar-refractivity contribution >= 4 is 17.9 Å². The Morgan fingerprint density at radius 2 is 0.771 bits per heavy atom. The van der Waals surface area contributed by atoms with E-state index < -0.39 is 18.1 Å². The Hall–Kier alpha value is -5.05. The summed E-state index contributed by atoms with van der Waals surface area (Å²) in [6, 6.07) is -0.753. The molecule has 0 rings (SSSR count). The van der Waals surface area contributed by atoms with Crippen LogP contribution in [-0.2, 0) is 28.6 Å². The van der Waals surface area contributed by atoms with Crippen LogP contribution < -0.4 is 5.11 Å². The van der Waals surface area contributed by atoms with E-state index in [1.54, 1.807) is 21.1 Å². The summed E-state index contributed by atoms with van der Waals surface area (Å²) in [7, 11) is 5.37. The van der Waals surface area contributed by atoms with Gasteiger partial charge in [-0.3, -0.25) is 9.59 Å². The summed E-state index contributed by atoms with van der Waals surface area (Å²) in [5.74, 6) is -1.87. The largest absolute Gasteiger partial charge is 0.544 e. The quantitative estimate of drug-likeness (QED) is 0.0259. The predicted octanol–water partition coefficient (Wildman–Crippen LogP) is 14.5. The summed E-state index contributed by atoms with van der Waals surface area (Å²) >= 11 is 0. The molecule has 0 aliphatic carbocycles. The van der Waals surface area contributed by atoms with Crippen LogP contribution in [0.5, 0.6) is 0 Å². The third kappa shape index (κ3) is 48.0. The molecule has 0 saturated carbocycles. The Labute approximate surface area is 427 Å². The lowest BCUT2D eigenvalue weighted by Gasteiger charge is -2.34. The molecular weight excluding hydrogens is 871 g/mol. The fourth-order valence-electron chi connectivity index (χ4n) is 6.65. The average Bonchev–Trinajstić information content (AvgIpc) is 3.33. The number of carboxylic acid groups (broad SMARTS) is 1. The van der Waals surface area contributed by atoms with Crippen molar-refractivity contribution in [3.8, 4) is 0 Å². The summed E-state index contributed by atoms with van der Waals surface area (Å²) in [5.41, 5.74) is 0. The first kappa shape index (κ1) is 65.0. The lowest BCUT2D eigenvalue weighted by Crippen LogP contribution is -2.55. The van der Waals surface area contributed by atoms with Crippen LogP contribution in [0.15, 0.2) is 158 Å². The van der Waals surface area contributed by atoms with E-state index in [1.807, 2.05) is 0 Å².